The number of ether oxygens (including phenoxy) is 4. The summed E-state index contributed by atoms with van der Waals surface area (Å²) < 4.78 is 23.6. The predicted octanol–water partition coefficient (Wildman–Crippen LogP) is 6.90. The highest BCUT2D eigenvalue weighted by Gasteiger charge is 2.36. The number of halogens is 1. The molecule has 0 spiro atoms. The Bertz CT molecular complexity index is 1580. The van der Waals surface area contributed by atoms with E-state index in [0.717, 1.165) is 22.4 Å². The van der Waals surface area contributed by atoms with Crippen molar-refractivity contribution in [3.8, 4) is 23.0 Å². The van der Waals surface area contributed by atoms with E-state index in [2.05, 4.69) is 11.9 Å². The zero-order chi connectivity index (χ0) is 32.3. The van der Waals surface area contributed by atoms with Crippen LogP contribution in [0.5, 0.6) is 23.0 Å². The van der Waals surface area contributed by atoms with E-state index in [0.29, 0.717) is 65.4 Å². The van der Waals surface area contributed by atoms with Crippen LogP contribution < -0.4 is 24.3 Å². The van der Waals surface area contributed by atoms with Crippen molar-refractivity contribution in [3.05, 3.63) is 100 Å². The quantitative estimate of drug-likeness (QED) is 0.110. The molecule has 0 unspecified atom stereocenters. The van der Waals surface area contributed by atoms with E-state index in [-0.39, 0.29) is 18.7 Å². The van der Waals surface area contributed by atoms with Gasteiger partial charge in [-0.1, -0.05) is 42.8 Å². The fraction of sp³-hybridized carbons (Fsp3) is 0.286. The lowest BCUT2D eigenvalue weighted by atomic mass is 10.0. The van der Waals surface area contributed by atoms with Gasteiger partial charge in [0.2, 0.25) is 0 Å². The molecule has 1 heterocycles. The Morgan fingerprint density at radius 2 is 1.56 bits per heavy atom. The molecule has 1 aliphatic heterocycles. The van der Waals surface area contributed by atoms with Crippen LogP contribution in [-0.4, -0.2) is 42.6 Å². The summed E-state index contributed by atoms with van der Waals surface area (Å²) in [4.78, 5) is 40.3. The summed E-state index contributed by atoms with van der Waals surface area (Å²) in [5.41, 5.74) is 2.64. The number of benzene rings is 3. The third-order valence-corrected chi connectivity index (χ3v) is 6.97. The zero-order valence-electron chi connectivity index (χ0n) is 25.7. The van der Waals surface area contributed by atoms with Crippen LogP contribution in [0, 0.1) is 0 Å². The van der Waals surface area contributed by atoms with E-state index in [1.165, 1.54) is 6.08 Å². The Labute approximate surface area is 268 Å². The van der Waals surface area contributed by atoms with Crippen molar-refractivity contribution < 1.29 is 33.3 Å². The van der Waals surface area contributed by atoms with Gasteiger partial charge in [-0.2, -0.15) is 0 Å². The number of nitrogens with one attached hydrogen (secondary N) is 1. The maximum absolute atomic E-state index is 13.6. The summed E-state index contributed by atoms with van der Waals surface area (Å²) in [6.45, 7) is 11.1. The van der Waals surface area contributed by atoms with Crippen LogP contribution >= 0.6 is 11.6 Å². The lowest BCUT2D eigenvalue weighted by Crippen LogP contribution is -2.53. The van der Waals surface area contributed by atoms with Gasteiger partial charge in [-0.25, -0.2) is 4.79 Å². The summed E-state index contributed by atoms with van der Waals surface area (Å²) in [5.74, 6) is 0.556. The average Bonchev–Trinajstić information content (AvgIpc) is 3.02. The molecule has 0 aliphatic carbocycles. The molecule has 10 heteroatoms. The van der Waals surface area contributed by atoms with Crippen LogP contribution in [0.1, 0.15) is 49.4 Å². The Kier molecular flexibility index (Phi) is 11.6. The fourth-order valence-corrected chi connectivity index (χ4v) is 4.80. The Hall–Kier alpha value is -4.76. The standard InChI is InChI=1S/C35H37ClN2O7/c1-5-9-26-17-25(20-31(43-8-4)32(26)45-22-23-10-13-27(36)14-11-23)18-28-33(39)37-35(41)38(34(28)40)21-24-12-15-29(44-16-6-2)30(19-24)42-7-3/h5,10-15,17-20H,1,6-9,16,21-22H2,2-4H3,(H,37,39,41)/b28-18+. The van der Waals surface area contributed by atoms with Crippen molar-refractivity contribution in [2.45, 2.75) is 46.8 Å². The number of hydrogen-bond donors (Lipinski definition) is 1. The van der Waals surface area contributed by atoms with Gasteiger partial charge in [-0.05, 0) is 85.9 Å². The normalized spacial score (nSPS) is 13.9. The summed E-state index contributed by atoms with van der Waals surface area (Å²) >= 11 is 6.01. The van der Waals surface area contributed by atoms with Gasteiger partial charge < -0.3 is 18.9 Å². The monoisotopic (exact) mass is 632 g/mol. The molecule has 4 rings (SSSR count). The lowest BCUT2D eigenvalue weighted by Gasteiger charge is -2.27. The molecule has 0 atom stereocenters. The highest BCUT2D eigenvalue weighted by Crippen LogP contribution is 2.36. The topological polar surface area (TPSA) is 103 Å². The molecule has 1 fully saturated rings. The molecule has 0 radical (unpaired) electrons. The number of carbonyl (C=O) groups is 3. The summed E-state index contributed by atoms with van der Waals surface area (Å²) in [5, 5.41) is 2.91. The number of rotatable bonds is 15. The van der Waals surface area contributed by atoms with Gasteiger partial charge in [0, 0.05) is 10.6 Å². The Morgan fingerprint density at radius 1 is 0.844 bits per heavy atom. The van der Waals surface area contributed by atoms with Crippen LogP contribution in [0.15, 0.2) is 72.8 Å². The van der Waals surface area contributed by atoms with Crippen molar-refractivity contribution >= 4 is 35.5 Å². The van der Waals surface area contributed by atoms with Gasteiger partial charge in [-0.15, -0.1) is 6.58 Å². The average molecular weight is 633 g/mol. The van der Waals surface area contributed by atoms with E-state index in [4.69, 9.17) is 30.5 Å². The SMILES string of the molecule is C=CCc1cc(/C=C2\C(=O)NC(=O)N(Cc3ccc(OCCC)c(OCC)c3)C2=O)cc(OCC)c1OCc1ccc(Cl)cc1. The number of hydrogen-bond acceptors (Lipinski definition) is 7. The van der Waals surface area contributed by atoms with E-state index in [1.54, 1.807) is 48.5 Å². The molecular weight excluding hydrogens is 596 g/mol. The zero-order valence-corrected chi connectivity index (χ0v) is 26.4. The van der Waals surface area contributed by atoms with Crippen LogP contribution in [0.3, 0.4) is 0 Å². The first-order chi connectivity index (χ1) is 21.8. The third-order valence-electron chi connectivity index (χ3n) is 6.72. The van der Waals surface area contributed by atoms with Gasteiger partial charge in [0.25, 0.3) is 11.8 Å². The van der Waals surface area contributed by atoms with E-state index in [9.17, 15) is 14.4 Å². The van der Waals surface area contributed by atoms with Crippen LogP contribution in [0.25, 0.3) is 6.08 Å². The number of carbonyl (C=O) groups excluding carboxylic acids is 3. The molecule has 45 heavy (non-hydrogen) atoms. The second kappa shape index (κ2) is 15.8. The fourth-order valence-electron chi connectivity index (χ4n) is 4.67. The first kappa shape index (κ1) is 33.1. The minimum Gasteiger partial charge on any atom is -0.490 e. The maximum Gasteiger partial charge on any atom is 0.331 e. The van der Waals surface area contributed by atoms with Crippen LogP contribution in [0.4, 0.5) is 4.79 Å². The number of allylic oxidation sites excluding steroid dienone is 1. The molecular formula is C35H37ClN2O7. The minimum atomic E-state index is -0.806. The number of barbiturate groups is 1. The first-order valence-electron chi connectivity index (χ1n) is 14.8. The number of nitrogens with zero attached hydrogens (tertiary/aromatic N) is 1. The third kappa shape index (κ3) is 8.45. The van der Waals surface area contributed by atoms with Gasteiger partial charge in [0.05, 0.1) is 26.4 Å². The molecule has 3 aromatic carbocycles. The highest BCUT2D eigenvalue weighted by molar-refractivity contribution is 6.31. The van der Waals surface area contributed by atoms with Crippen molar-refractivity contribution in [1.82, 2.24) is 10.2 Å². The predicted molar refractivity (Wildman–Crippen MR) is 173 cm³/mol. The first-order valence-corrected chi connectivity index (χ1v) is 15.2. The molecule has 1 N–H and O–H groups in total. The highest BCUT2D eigenvalue weighted by atomic mass is 35.5. The number of amides is 4. The van der Waals surface area contributed by atoms with Crippen molar-refractivity contribution in [1.29, 1.82) is 0 Å². The lowest BCUT2D eigenvalue weighted by molar-refractivity contribution is -0.130. The van der Waals surface area contributed by atoms with Crippen molar-refractivity contribution in [2.24, 2.45) is 0 Å². The Balaban J connectivity index is 1.64. The number of imide groups is 2. The van der Waals surface area contributed by atoms with Crippen LogP contribution in [-0.2, 0) is 29.2 Å². The molecule has 236 valence electrons. The Morgan fingerprint density at radius 3 is 2.24 bits per heavy atom. The molecule has 4 amide bonds. The molecule has 9 nitrogen and oxygen atoms in total. The van der Waals surface area contributed by atoms with Gasteiger partial charge in [0.1, 0.15) is 12.2 Å². The second-order valence-electron chi connectivity index (χ2n) is 10.1. The minimum absolute atomic E-state index is 0.0766. The molecule has 0 aromatic heterocycles. The molecule has 0 saturated carbocycles. The molecule has 0 bridgehead atoms. The van der Waals surface area contributed by atoms with E-state index in [1.807, 2.05) is 32.9 Å². The summed E-state index contributed by atoms with van der Waals surface area (Å²) in [7, 11) is 0. The number of urea groups is 1. The maximum atomic E-state index is 13.6. The van der Waals surface area contributed by atoms with Gasteiger partial charge in [-0.3, -0.25) is 19.8 Å². The molecule has 1 saturated heterocycles. The second-order valence-corrected chi connectivity index (χ2v) is 10.6. The largest absolute Gasteiger partial charge is 0.490 e. The van der Waals surface area contributed by atoms with Crippen molar-refractivity contribution in [2.75, 3.05) is 19.8 Å². The van der Waals surface area contributed by atoms with Crippen LogP contribution in [0.2, 0.25) is 5.02 Å². The van der Waals surface area contributed by atoms with E-state index < -0.39 is 17.8 Å². The van der Waals surface area contributed by atoms with Gasteiger partial charge >= 0.3 is 6.03 Å². The molecule has 1 aliphatic rings. The van der Waals surface area contributed by atoms with Gasteiger partial charge in [0.15, 0.2) is 23.0 Å². The van der Waals surface area contributed by atoms with Crippen molar-refractivity contribution in [3.63, 3.8) is 0 Å². The molecule has 3 aromatic rings. The smallest absolute Gasteiger partial charge is 0.331 e. The van der Waals surface area contributed by atoms with E-state index >= 15 is 0 Å². The summed E-state index contributed by atoms with van der Waals surface area (Å²) in [6, 6.07) is 15.3. The summed E-state index contributed by atoms with van der Waals surface area (Å²) in [6.07, 6.45) is 4.45.